The van der Waals surface area contributed by atoms with Crippen molar-refractivity contribution in [2.45, 2.75) is 18.5 Å². The van der Waals surface area contributed by atoms with Crippen molar-refractivity contribution in [1.29, 1.82) is 0 Å². The maximum absolute atomic E-state index is 13.0. The van der Waals surface area contributed by atoms with E-state index in [2.05, 4.69) is 0 Å². The predicted molar refractivity (Wildman–Crippen MR) is 73.3 cm³/mol. The van der Waals surface area contributed by atoms with Crippen LogP contribution >= 0.6 is 0 Å². The second kappa shape index (κ2) is 6.26. The van der Waals surface area contributed by atoms with Crippen LogP contribution in [0, 0.1) is 5.82 Å². The standard InChI is InChI=1S/C16H15F4N/c17-14-7-5-11(6-8-14)13(10-21)9-12-3-1-2-4-15(12)16(18,19)20/h1-8,13H,9-10,21H2. The maximum Gasteiger partial charge on any atom is 0.416 e. The van der Waals surface area contributed by atoms with Crippen LogP contribution in [-0.2, 0) is 12.6 Å². The Balaban J connectivity index is 2.29. The SMILES string of the molecule is NCC(Cc1ccccc1C(F)(F)F)c1ccc(F)cc1. The van der Waals surface area contributed by atoms with Gasteiger partial charge in [-0.3, -0.25) is 0 Å². The van der Waals surface area contributed by atoms with Crippen LogP contribution in [0.2, 0.25) is 0 Å². The van der Waals surface area contributed by atoms with Gasteiger partial charge in [-0.25, -0.2) is 4.39 Å². The van der Waals surface area contributed by atoms with Crippen molar-refractivity contribution < 1.29 is 17.6 Å². The first-order valence-corrected chi connectivity index (χ1v) is 6.52. The third kappa shape index (κ3) is 3.82. The quantitative estimate of drug-likeness (QED) is 0.844. The molecule has 0 aliphatic rings. The largest absolute Gasteiger partial charge is 0.416 e. The lowest BCUT2D eigenvalue weighted by molar-refractivity contribution is -0.138. The van der Waals surface area contributed by atoms with Gasteiger partial charge in [0.2, 0.25) is 0 Å². The lowest BCUT2D eigenvalue weighted by Gasteiger charge is -2.19. The highest BCUT2D eigenvalue weighted by Crippen LogP contribution is 2.34. The topological polar surface area (TPSA) is 26.0 Å². The molecule has 0 radical (unpaired) electrons. The lowest BCUT2D eigenvalue weighted by Crippen LogP contribution is -2.17. The first kappa shape index (κ1) is 15.5. The fraction of sp³-hybridized carbons (Fsp3) is 0.250. The smallest absolute Gasteiger partial charge is 0.330 e. The van der Waals surface area contributed by atoms with Gasteiger partial charge in [-0.1, -0.05) is 30.3 Å². The van der Waals surface area contributed by atoms with Crippen molar-refractivity contribution in [3.63, 3.8) is 0 Å². The summed E-state index contributed by atoms with van der Waals surface area (Å²) >= 11 is 0. The Morgan fingerprint density at radius 3 is 2.14 bits per heavy atom. The normalized spacial score (nSPS) is 13.2. The van der Waals surface area contributed by atoms with Crippen molar-refractivity contribution in [2.75, 3.05) is 6.54 Å². The molecule has 0 heterocycles. The highest BCUT2D eigenvalue weighted by Gasteiger charge is 2.33. The summed E-state index contributed by atoms with van der Waals surface area (Å²) in [5.41, 5.74) is 5.96. The molecule has 2 N–H and O–H groups in total. The van der Waals surface area contributed by atoms with Crippen molar-refractivity contribution in [2.24, 2.45) is 5.73 Å². The number of nitrogens with two attached hydrogens (primary N) is 1. The van der Waals surface area contributed by atoms with Crippen LogP contribution in [0.5, 0.6) is 0 Å². The molecule has 0 aromatic heterocycles. The molecule has 1 nitrogen and oxygen atoms in total. The molecular formula is C16H15F4N. The number of halogens is 4. The Bertz CT molecular complexity index is 590. The molecule has 0 amide bonds. The Kier molecular flexibility index (Phi) is 4.63. The highest BCUT2D eigenvalue weighted by atomic mass is 19.4. The van der Waals surface area contributed by atoms with Gasteiger partial charge < -0.3 is 5.73 Å². The molecular weight excluding hydrogens is 282 g/mol. The van der Waals surface area contributed by atoms with Gasteiger partial charge in [-0.2, -0.15) is 13.2 Å². The molecule has 112 valence electrons. The van der Waals surface area contributed by atoms with E-state index in [1.807, 2.05) is 0 Å². The molecule has 0 bridgehead atoms. The number of rotatable bonds is 4. The first-order valence-electron chi connectivity index (χ1n) is 6.52. The van der Waals surface area contributed by atoms with E-state index in [-0.39, 0.29) is 30.3 Å². The van der Waals surface area contributed by atoms with Crippen LogP contribution in [-0.4, -0.2) is 6.54 Å². The van der Waals surface area contributed by atoms with Crippen LogP contribution in [0.15, 0.2) is 48.5 Å². The molecule has 0 aliphatic heterocycles. The molecule has 2 aromatic rings. The lowest BCUT2D eigenvalue weighted by atomic mass is 9.90. The summed E-state index contributed by atoms with van der Waals surface area (Å²) in [6, 6.07) is 11.1. The van der Waals surface area contributed by atoms with Crippen LogP contribution in [0.4, 0.5) is 17.6 Å². The van der Waals surface area contributed by atoms with Crippen LogP contribution < -0.4 is 5.73 Å². The van der Waals surface area contributed by atoms with Gasteiger partial charge in [-0.05, 0) is 42.3 Å². The summed E-state index contributed by atoms with van der Waals surface area (Å²) in [6.07, 6.45) is -4.23. The average Bonchev–Trinajstić information content (AvgIpc) is 2.45. The monoisotopic (exact) mass is 297 g/mol. The molecule has 0 aliphatic carbocycles. The minimum absolute atomic E-state index is 0.164. The van der Waals surface area contributed by atoms with Gasteiger partial charge in [0, 0.05) is 5.92 Å². The molecule has 2 rings (SSSR count). The highest BCUT2D eigenvalue weighted by molar-refractivity contribution is 5.32. The summed E-state index contributed by atoms with van der Waals surface area (Å²) < 4.78 is 51.9. The zero-order chi connectivity index (χ0) is 15.5. The van der Waals surface area contributed by atoms with Crippen molar-refractivity contribution in [3.05, 3.63) is 71.0 Å². The van der Waals surface area contributed by atoms with Crippen molar-refractivity contribution in [1.82, 2.24) is 0 Å². The van der Waals surface area contributed by atoms with E-state index >= 15 is 0 Å². The Morgan fingerprint density at radius 1 is 0.952 bits per heavy atom. The predicted octanol–water partition coefficient (Wildman–Crippen LogP) is 4.13. The maximum atomic E-state index is 13.0. The van der Waals surface area contributed by atoms with Crippen LogP contribution in [0.25, 0.3) is 0 Å². The summed E-state index contributed by atoms with van der Waals surface area (Å²) in [4.78, 5) is 0. The van der Waals surface area contributed by atoms with E-state index in [0.717, 1.165) is 11.6 Å². The van der Waals surface area contributed by atoms with Crippen molar-refractivity contribution in [3.8, 4) is 0 Å². The molecule has 21 heavy (non-hydrogen) atoms. The second-order valence-electron chi connectivity index (χ2n) is 4.84. The zero-order valence-electron chi connectivity index (χ0n) is 11.2. The van der Waals surface area contributed by atoms with E-state index < -0.39 is 11.7 Å². The van der Waals surface area contributed by atoms with E-state index in [1.54, 1.807) is 18.2 Å². The summed E-state index contributed by atoms with van der Waals surface area (Å²) in [5.74, 6) is -0.667. The minimum atomic E-state index is -4.39. The number of alkyl halides is 3. The second-order valence-corrected chi connectivity index (χ2v) is 4.84. The molecule has 0 fully saturated rings. The summed E-state index contributed by atoms with van der Waals surface area (Å²) in [5, 5.41) is 0. The van der Waals surface area contributed by atoms with Crippen molar-refractivity contribution >= 4 is 0 Å². The molecule has 2 aromatic carbocycles. The zero-order valence-corrected chi connectivity index (χ0v) is 11.2. The van der Waals surface area contributed by atoms with Gasteiger partial charge in [0.1, 0.15) is 5.82 Å². The van der Waals surface area contributed by atoms with E-state index in [9.17, 15) is 17.6 Å². The fourth-order valence-electron chi connectivity index (χ4n) is 2.31. The Morgan fingerprint density at radius 2 is 1.57 bits per heavy atom. The molecule has 0 saturated carbocycles. The van der Waals surface area contributed by atoms with Crippen LogP contribution in [0.3, 0.4) is 0 Å². The first-order chi connectivity index (χ1) is 9.91. The molecule has 0 spiro atoms. The van der Waals surface area contributed by atoms with E-state index in [0.29, 0.717) is 0 Å². The fourth-order valence-corrected chi connectivity index (χ4v) is 2.31. The molecule has 1 unspecified atom stereocenters. The molecule has 1 atom stereocenters. The van der Waals surface area contributed by atoms with E-state index in [1.165, 1.54) is 24.3 Å². The third-order valence-corrected chi connectivity index (χ3v) is 3.42. The molecule has 5 heteroatoms. The average molecular weight is 297 g/mol. The number of hydrogen-bond acceptors (Lipinski definition) is 1. The van der Waals surface area contributed by atoms with Crippen LogP contribution in [0.1, 0.15) is 22.6 Å². The van der Waals surface area contributed by atoms with Gasteiger partial charge in [-0.15, -0.1) is 0 Å². The number of benzene rings is 2. The van der Waals surface area contributed by atoms with E-state index in [4.69, 9.17) is 5.73 Å². The summed E-state index contributed by atoms with van der Waals surface area (Å²) in [6.45, 7) is 0.192. The van der Waals surface area contributed by atoms with Gasteiger partial charge in [0.25, 0.3) is 0 Å². The molecule has 0 saturated heterocycles. The Labute approximate surface area is 120 Å². The minimum Gasteiger partial charge on any atom is -0.330 e. The van der Waals surface area contributed by atoms with Gasteiger partial charge >= 0.3 is 6.18 Å². The summed E-state index contributed by atoms with van der Waals surface area (Å²) in [7, 11) is 0. The Hall–Kier alpha value is -1.88. The third-order valence-electron chi connectivity index (χ3n) is 3.42. The number of hydrogen-bond donors (Lipinski definition) is 1. The van der Waals surface area contributed by atoms with Gasteiger partial charge in [0.05, 0.1) is 5.56 Å². The van der Waals surface area contributed by atoms with Gasteiger partial charge in [0.15, 0.2) is 0 Å².